The first-order chi connectivity index (χ1) is 9.86. The van der Waals surface area contributed by atoms with Gasteiger partial charge < -0.3 is 5.73 Å². The number of piperidine rings is 1. The largest absolute Gasteiger partial charge is 0.330 e. The van der Waals surface area contributed by atoms with Gasteiger partial charge in [-0.25, -0.2) is 17.2 Å². The lowest BCUT2D eigenvalue weighted by atomic mass is 9.96. The molecule has 118 valence electrons. The van der Waals surface area contributed by atoms with Crippen LogP contribution < -0.4 is 5.73 Å². The number of hydrogen-bond donors (Lipinski definition) is 1. The second-order valence-electron chi connectivity index (χ2n) is 5.15. The summed E-state index contributed by atoms with van der Waals surface area (Å²) in [6.07, 6.45) is 2.36. The highest BCUT2D eigenvalue weighted by atomic mass is 79.9. The Kier molecular flexibility index (Phi) is 5.34. The van der Waals surface area contributed by atoms with E-state index in [4.69, 9.17) is 5.73 Å². The van der Waals surface area contributed by atoms with Crippen LogP contribution in [-0.2, 0) is 10.0 Å². The molecular weight excluding hydrogens is 366 g/mol. The van der Waals surface area contributed by atoms with Gasteiger partial charge in [-0.2, -0.15) is 4.31 Å². The highest BCUT2D eigenvalue weighted by Gasteiger charge is 2.33. The minimum Gasteiger partial charge on any atom is -0.330 e. The van der Waals surface area contributed by atoms with Crippen molar-refractivity contribution in [3.8, 4) is 0 Å². The molecule has 0 aromatic heterocycles. The molecule has 1 aliphatic heterocycles. The lowest BCUT2D eigenvalue weighted by Crippen LogP contribution is -2.40. The molecule has 2 N–H and O–H groups in total. The smallest absolute Gasteiger partial charge is 0.247 e. The monoisotopic (exact) mass is 382 g/mol. The molecule has 1 aromatic carbocycles. The predicted molar refractivity (Wildman–Crippen MR) is 79.2 cm³/mol. The first kappa shape index (κ1) is 16.8. The zero-order chi connectivity index (χ0) is 15.6. The molecular formula is C13H17BrF2N2O2S. The van der Waals surface area contributed by atoms with E-state index in [0.717, 1.165) is 18.9 Å². The fourth-order valence-corrected chi connectivity index (χ4v) is 5.29. The molecule has 1 unspecified atom stereocenters. The van der Waals surface area contributed by atoms with Crippen LogP contribution in [0.1, 0.15) is 19.3 Å². The summed E-state index contributed by atoms with van der Waals surface area (Å²) in [6.45, 7) is 1.16. The van der Waals surface area contributed by atoms with E-state index < -0.39 is 26.6 Å². The summed E-state index contributed by atoms with van der Waals surface area (Å²) in [7, 11) is -3.99. The van der Waals surface area contributed by atoms with Crippen LogP contribution in [0.25, 0.3) is 0 Å². The molecule has 1 heterocycles. The predicted octanol–water partition coefficient (Wildman–Crippen LogP) is 2.48. The first-order valence-electron chi connectivity index (χ1n) is 6.71. The van der Waals surface area contributed by atoms with Crippen molar-refractivity contribution in [1.29, 1.82) is 0 Å². The molecule has 1 fully saturated rings. The SMILES string of the molecule is NCCC1CCCN(S(=O)(=O)c2c(F)cc(F)cc2Br)C1. The Morgan fingerprint density at radius 2 is 2.10 bits per heavy atom. The lowest BCUT2D eigenvalue weighted by Gasteiger charge is -2.32. The van der Waals surface area contributed by atoms with Gasteiger partial charge in [-0.1, -0.05) is 0 Å². The lowest BCUT2D eigenvalue weighted by molar-refractivity contribution is 0.257. The zero-order valence-electron chi connectivity index (χ0n) is 11.4. The Labute approximate surface area is 131 Å². The van der Waals surface area contributed by atoms with E-state index in [9.17, 15) is 17.2 Å². The van der Waals surface area contributed by atoms with Crippen molar-refractivity contribution in [2.24, 2.45) is 11.7 Å². The summed E-state index contributed by atoms with van der Waals surface area (Å²) in [5, 5.41) is 0. The molecule has 1 atom stereocenters. The third-order valence-electron chi connectivity index (χ3n) is 3.62. The van der Waals surface area contributed by atoms with Crippen LogP contribution in [0.15, 0.2) is 21.5 Å². The standard InChI is InChI=1S/C13H17BrF2N2O2S/c14-11-6-10(15)7-12(16)13(11)21(19,20)18-5-1-2-9(8-18)3-4-17/h6-7,9H,1-5,8,17H2. The number of halogens is 3. The van der Waals surface area contributed by atoms with Crippen LogP contribution in [0.5, 0.6) is 0 Å². The van der Waals surface area contributed by atoms with Gasteiger partial charge >= 0.3 is 0 Å². The van der Waals surface area contributed by atoms with Gasteiger partial charge in [-0.15, -0.1) is 0 Å². The summed E-state index contributed by atoms with van der Waals surface area (Å²) in [5.74, 6) is -1.72. The van der Waals surface area contributed by atoms with E-state index in [1.54, 1.807) is 0 Å². The van der Waals surface area contributed by atoms with Crippen molar-refractivity contribution < 1.29 is 17.2 Å². The molecule has 8 heteroatoms. The van der Waals surface area contributed by atoms with E-state index in [2.05, 4.69) is 15.9 Å². The molecule has 0 amide bonds. The van der Waals surface area contributed by atoms with Crippen molar-refractivity contribution in [3.05, 3.63) is 28.2 Å². The molecule has 1 aliphatic rings. The van der Waals surface area contributed by atoms with Crippen LogP contribution in [0.2, 0.25) is 0 Å². The number of hydrogen-bond acceptors (Lipinski definition) is 3. The van der Waals surface area contributed by atoms with Gasteiger partial charge in [0.25, 0.3) is 0 Å². The second kappa shape index (κ2) is 6.68. The fraction of sp³-hybridized carbons (Fsp3) is 0.538. The highest BCUT2D eigenvalue weighted by molar-refractivity contribution is 9.10. The van der Waals surface area contributed by atoms with Crippen molar-refractivity contribution in [1.82, 2.24) is 4.31 Å². The number of nitrogens with two attached hydrogens (primary N) is 1. The summed E-state index contributed by atoms with van der Waals surface area (Å²) in [6, 6.07) is 1.54. The molecule has 1 aromatic rings. The Balaban J connectivity index is 2.34. The van der Waals surface area contributed by atoms with Crippen molar-refractivity contribution in [3.63, 3.8) is 0 Å². The molecule has 2 rings (SSSR count). The van der Waals surface area contributed by atoms with E-state index in [0.29, 0.717) is 32.1 Å². The van der Waals surface area contributed by atoms with Crippen LogP contribution in [0.3, 0.4) is 0 Å². The molecule has 0 saturated carbocycles. The topological polar surface area (TPSA) is 63.4 Å². The molecule has 0 bridgehead atoms. The summed E-state index contributed by atoms with van der Waals surface area (Å²) in [5.41, 5.74) is 5.51. The summed E-state index contributed by atoms with van der Waals surface area (Å²) >= 11 is 2.94. The number of benzene rings is 1. The van der Waals surface area contributed by atoms with E-state index in [1.807, 2.05) is 0 Å². The van der Waals surface area contributed by atoms with E-state index >= 15 is 0 Å². The van der Waals surface area contributed by atoms with Gasteiger partial charge in [0, 0.05) is 23.6 Å². The minimum absolute atomic E-state index is 0.0963. The summed E-state index contributed by atoms with van der Waals surface area (Å²) < 4.78 is 53.4. The van der Waals surface area contributed by atoms with Gasteiger partial charge in [0.1, 0.15) is 16.5 Å². The minimum atomic E-state index is -3.99. The van der Waals surface area contributed by atoms with Crippen LogP contribution in [0, 0.1) is 17.6 Å². The summed E-state index contributed by atoms with van der Waals surface area (Å²) in [4.78, 5) is -0.503. The normalized spacial score (nSPS) is 20.7. The fourth-order valence-electron chi connectivity index (χ4n) is 2.62. The van der Waals surface area contributed by atoms with Gasteiger partial charge in [0.05, 0.1) is 0 Å². The molecule has 1 saturated heterocycles. The van der Waals surface area contributed by atoms with Gasteiger partial charge in [0.2, 0.25) is 10.0 Å². The Bertz CT molecular complexity index is 600. The van der Waals surface area contributed by atoms with Gasteiger partial charge in [-0.3, -0.25) is 0 Å². The molecule has 0 radical (unpaired) electrons. The Morgan fingerprint density at radius 1 is 1.38 bits per heavy atom. The van der Waals surface area contributed by atoms with Crippen LogP contribution in [-0.4, -0.2) is 32.4 Å². The molecule has 21 heavy (non-hydrogen) atoms. The molecule has 4 nitrogen and oxygen atoms in total. The highest BCUT2D eigenvalue weighted by Crippen LogP contribution is 2.31. The Morgan fingerprint density at radius 3 is 2.71 bits per heavy atom. The van der Waals surface area contributed by atoms with E-state index in [-0.39, 0.29) is 10.4 Å². The quantitative estimate of drug-likeness (QED) is 0.869. The molecule has 0 spiro atoms. The Hall–Kier alpha value is -0.570. The third-order valence-corrected chi connectivity index (χ3v) is 6.45. The number of rotatable bonds is 4. The van der Waals surface area contributed by atoms with Crippen molar-refractivity contribution in [2.75, 3.05) is 19.6 Å². The van der Waals surface area contributed by atoms with Crippen molar-refractivity contribution >= 4 is 26.0 Å². The van der Waals surface area contributed by atoms with Crippen LogP contribution >= 0.6 is 15.9 Å². The average Bonchev–Trinajstić information content (AvgIpc) is 2.37. The molecule has 0 aliphatic carbocycles. The van der Waals surface area contributed by atoms with Gasteiger partial charge in [0.15, 0.2) is 0 Å². The third kappa shape index (κ3) is 3.61. The zero-order valence-corrected chi connectivity index (χ0v) is 13.8. The van der Waals surface area contributed by atoms with Crippen LogP contribution in [0.4, 0.5) is 8.78 Å². The van der Waals surface area contributed by atoms with Crippen molar-refractivity contribution in [2.45, 2.75) is 24.2 Å². The number of nitrogens with zero attached hydrogens (tertiary/aromatic N) is 1. The average molecular weight is 383 g/mol. The number of sulfonamides is 1. The second-order valence-corrected chi connectivity index (χ2v) is 7.88. The maximum absolute atomic E-state index is 13.9. The van der Waals surface area contributed by atoms with E-state index in [1.165, 1.54) is 4.31 Å². The maximum atomic E-state index is 13.9. The maximum Gasteiger partial charge on any atom is 0.247 e. The first-order valence-corrected chi connectivity index (χ1v) is 8.94. The van der Waals surface area contributed by atoms with Gasteiger partial charge in [-0.05, 0) is 53.7 Å².